The van der Waals surface area contributed by atoms with Crippen molar-refractivity contribution in [3.63, 3.8) is 0 Å². The summed E-state index contributed by atoms with van der Waals surface area (Å²) in [6, 6.07) is 10.9. The smallest absolute Gasteiger partial charge is 0.338 e. The SMILES string of the molecule is CCCOC(=O)c1ccc(NS(=O)(=O)c2ccc(S(=O)(=O)N(CC)CC)cc2)cc1. The zero-order valence-electron chi connectivity index (χ0n) is 17.2. The number of anilines is 1. The number of carbonyl (C=O) groups excluding carboxylic acids is 1. The second-order valence-corrected chi connectivity index (χ2v) is 10.00. The van der Waals surface area contributed by atoms with Gasteiger partial charge in [0, 0.05) is 18.8 Å². The highest BCUT2D eigenvalue weighted by molar-refractivity contribution is 7.92. The largest absolute Gasteiger partial charge is 0.462 e. The summed E-state index contributed by atoms with van der Waals surface area (Å²) in [6.07, 6.45) is 0.707. The van der Waals surface area contributed by atoms with Gasteiger partial charge in [0.15, 0.2) is 0 Å². The number of ether oxygens (including phenoxy) is 1. The van der Waals surface area contributed by atoms with Crippen LogP contribution < -0.4 is 4.72 Å². The number of nitrogens with one attached hydrogen (secondary N) is 1. The lowest BCUT2D eigenvalue weighted by molar-refractivity contribution is 0.0505. The number of benzene rings is 2. The van der Waals surface area contributed by atoms with E-state index in [0.29, 0.717) is 31.7 Å². The molecule has 1 N–H and O–H groups in total. The molecule has 2 aromatic carbocycles. The predicted octanol–water partition coefficient (Wildman–Crippen LogP) is 3.08. The lowest BCUT2D eigenvalue weighted by atomic mass is 10.2. The standard InChI is InChI=1S/C20H26N2O6S2/c1-4-15-28-20(23)16-7-9-17(10-8-16)21-29(24,25)18-11-13-19(14-12-18)30(26,27)22(5-2)6-3/h7-14,21H,4-6,15H2,1-3H3. The highest BCUT2D eigenvalue weighted by atomic mass is 32.2. The van der Waals surface area contributed by atoms with Crippen molar-refractivity contribution in [1.82, 2.24) is 4.31 Å². The maximum absolute atomic E-state index is 12.6. The predicted molar refractivity (Wildman–Crippen MR) is 114 cm³/mol. The minimum Gasteiger partial charge on any atom is -0.462 e. The summed E-state index contributed by atoms with van der Waals surface area (Å²) in [6.45, 7) is 6.31. The molecule has 10 heteroatoms. The van der Waals surface area contributed by atoms with Crippen LogP contribution in [0, 0.1) is 0 Å². The molecule has 0 saturated heterocycles. The van der Waals surface area contributed by atoms with Crippen molar-refractivity contribution in [3.8, 4) is 0 Å². The van der Waals surface area contributed by atoms with Gasteiger partial charge < -0.3 is 4.74 Å². The van der Waals surface area contributed by atoms with Gasteiger partial charge in [-0.3, -0.25) is 4.72 Å². The second-order valence-electron chi connectivity index (χ2n) is 6.38. The molecule has 0 radical (unpaired) electrons. The van der Waals surface area contributed by atoms with E-state index in [1.165, 1.54) is 52.8 Å². The van der Waals surface area contributed by atoms with Crippen LogP contribution in [0.15, 0.2) is 58.3 Å². The Balaban J connectivity index is 2.17. The third kappa shape index (κ3) is 5.59. The molecule has 0 heterocycles. The van der Waals surface area contributed by atoms with Crippen molar-refractivity contribution >= 4 is 31.7 Å². The fraction of sp³-hybridized carbons (Fsp3) is 0.350. The monoisotopic (exact) mass is 454 g/mol. The molecule has 0 atom stereocenters. The Bertz CT molecular complexity index is 1060. The zero-order chi connectivity index (χ0) is 22.4. The van der Waals surface area contributed by atoms with Crippen molar-refractivity contribution < 1.29 is 26.4 Å². The Hall–Kier alpha value is -2.43. The number of esters is 1. The van der Waals surface area contributed by atoms with E-state index >= 15 is 0 Å². The van der Waals surface area contributed by atoms with Crippen LogP contribution in [0.4, 0.5) is 5.69 Å². The molecule has 0 aromatic heterocycles. The molecular formula is C20H26N2O6S2. The first-order chi connectivity index (χ1) is 14.2. The summed E-state index contributed by atoms with van der Waals surface area (Å²) >= 11 is 0. The number of carbonyl (C=O) groups is 1. The van der Waals surface area contributed by atoms with Gasteiger partial charge >= 0.3 is 5.97 Å². The summed E-state index contributed by atoms with van der Waals surface area (Å²) in [4.78, 5) is 11.8. The zero-order valence-corrected chi connectivity index (χ0v) is 18.8. The van der Waals surface area contributed by atoms with E-state index in [2.05, 4.69) is 4.72 Å². The minimum atomic E-state index is -3.93. The summed E-state index contributed by atoms with van der Waals surface area (Å²) in [7, 11) is -7.60. The number of hydrogen-bond acceptors (Lipinski definition) is 6. The second kappa shape index (κ2) is 10.1. The third-order valence-corrected chi connectivity index (χ3v) is 7.75. The van der Waals surface area contributed by atoms with Gasteiger partial charge in [-0.2, -0.15) is 4.31 Å². The van der Waals surface area contributed by atoms with Gasteiger partial charge in [0.2, 0.25) is 10.0 Å². The molecule has 164 valence electrons. The molecule has 0 aliphatic rings. The Morgan fingerprint density at radius 3 is 1.90 bits per heavy atom. The van der Waals surface area contributed by atoms with Crippen LogP contribution in [0.25, 0.3) is 0 Å². The lowest BCUT2D eigenvalue weighted by Crippen LogP contribution is -2.30. The van der Waals surface area contributed by atoms with Gasteiger partial charge in [0.25, 0.3) is 10.0 Å². The molecule has 0 fully saturated rings. The van der Waals surface area contributed by atoms with E-state index in [9.17, 15) is 21.6 Å². The van der Waals surface area contributed by atoms with Crippen LogP contribution in [0.1, 0.15) is 37.6 Å². The molecule has 0 spiro atoms. The number of rotatable bonds is 10. The quantitative estimate of drug-likeness (QED) is 0.553. The van der Waals surface area contributed by atoms with Crippen molar-refractivity contribution in [2.24, 2.45) is 0 Å². The Labute approximate surface area is 178 Å². The molecule has 30 heavy (non-hydrogen) atoms. The van der Waals surface area contributed by atoms with Gasteiger partial charge in [0.1, 0.15) is 0 Å². The lowest BCUT2D eigenvalue weighted by Gasteiger charge is -2.18. The van der Waals surface area contributed by atoms with Crippen molar-refractivity contribution in [2.75, 3.05) is 24.4 Å². The van der Waals surface area contributed by atoms with Gasteiger partial charge in [-0.05, 0) is 55.0 Å². The average molecular weight is 455 g/mol. The molecule has 0 aliphatic carbocycles. The summed E-state index contributed by atoms with van der Waals surface area (Å²) < 4.78 is 59.0. The molecule has 2 aromatic rings. The third-order valence-electron chi connectivity index (χ3n) is 4.29. The molecular weight excluding hydrogens is 428 g/mol. The highest BCUT2D eigenvalue weighted by Crippen LogP contribution is 2.21. The van der Waals surface area contributed by atoms with Crippen molar-refractivity contribution in [2.45, 2.75) is 37.0 Å². The first kappa shape index (κ1) is 23.8. The molecule has 8 nitrogen and oxygen atoms in total. The van der Waals surface area contributed by atoms with Gasteiger partial charge in [-0.15, -0.1) is 0 Å². The Morgan fingerprint density at radius 1 is 0.867 bits per heavy atom. The van der Waals surface area contributed by atoms with Gasteiger partial charge in [-0.1, -0.05) is 20.8 Å². The summed E-state index contributed by atoms with van der Waals surface area (Å²) in [5.74, 6) is -0.476. The fourth-order valence-electron chi connectivity index (χ4n) is 2.67. The molecule has 0 aliphatic heterocycles. The molecule has 2 rings (SSSR count). The number of sulfonamides is 2. The summed E-state index contributed by atoms with van der Waals surface area (Å²) in [5.41, 5.74) is 0.583. The minimum absolute atomic E-state index is 0.0279. The van der Waals surface area contributed by atoms with Crippen LogP contribution in [0.3, 0.4) is 0 Å². The maximum Gasteiger partial charge on any atom is 0.338 e. The number of nitrogens with zero attached hydrogens (tertiary/aromatic N) is 1. The molecule has 0 saturated carbocycles. The van der Waals surface area contributed by atoms with Gasteiger partial charge in [-0.25, -0.2) is 21.6 Å². The molecule has 0 bridgehead atoms. The topological polar surface area (TPSA) is 110 Å². The Morgan fingerprint density at radius 2 is 1.40 bits per heavy atom. The van der Waals surface area contributed by atoms with E-state index in [4.69, 9.17) is 4.74 Å². The first-order valence-corrected chi connectivity index (χ1v) is 12.5. The van der Waals surface area contributed by atoms with E-state index in [1.807, 2.05) is 6.92 Å². The van der Waals surface area contributed by atoms with Crippen molar-refractivity contribution in [3.05, 3.63) is 54.1 Å². The van der Waals surface area contributed by atoms with E-state index < -0.39 is 26.0 Å². The van der Waals surface area contributed by atoms with Crippen molar-refractivity contribution in [1.29, 1.82) is 0 Å². The van der Waals surface area contributed by atoms with Crippen LogP contribution in [0.5, 0.6) is 0 Å². The summed E-state index contributed by atoms with van der Waals surface area (Å²) in [5, 5.41) is 0. The van der Waals surface area contributed by atoms with E-state index in [0.717, 1.165) is 0 Å². The molecule has 0 unspecified atom stereocenters. The van der Waals surface area contributed by atoms with Crippen LogP contribution in [0.2, 0.25) is 0 Å². The van der Waals surface area contributed by atoms with Crippen LogP contribution in [-0.4, -0.2) is 46.8 Å². The first-order valence-electron chi connectivity index (χ1n) is 9.56. The normalized spacial score (nSPS) is 12.0. The van der Waals surface area contributed by atoms with E-state index in [1.54, 1.807) is 13.8 Å². The van der Waals surface area contributed by atoms with Crippen LogP contribution >= 0.6 is 0 Å². The Kier molecular flexibility index (Phi) is 7.99. The molecule has 0 amide bonds. The van der Waals surface area contributed by atoms with Crippen LogP contribution in [-0.2, 0) is 24.8 Å². The van der Waals surface area contributed by atoms with E-state index in [-0.39, 0.29) is 15.5 Å². The fourth-order valence-corrected chi connectivity index (χ4v) is 5.19. The number of hydrogen-bond donors (Lipinski definition) is 1. The van der Waals surface area contributed by atoms with Gasteiger partial charge in [0.05, 0.1) is 22.0 Å². The average Bonchev–Trinajstić information content (AvgIpc) is 2.73. The highest BCUT2D eigenvalue weighted by Gasteiger charge is 2.23. The maximum atomic E-state index is 12.6.